The average molecular weight is 416 g/mol. The Morgan fingerprint density at radius 2 is 1.81 bits per heavy atom. The third-order valence-corrected chi connectivity index (χ3v) is 6.39. The molecule has 1 aromatic carbocycles. The van der Waals surface area contributed by atoms with Crippen LogP contribution in [0.5, 0.6) is 0 Å². The SMILES string of the molecule is COC(=O)c1cc2c(o1)c1ccccc1n2Cc1ccc(C(=O)OC)[se]1. The van der Waals surface area contributed by atoms with Crippen molar-refractivity contribution in [2.75, 3.05) is 14.2 Å². The molecule has 132 valence electrons. The number of benzene rings is 1. The first kappa shape index (κ1) is 16.7. The van der Waals surface area contributed by atoms with Gasteiger partial charge in [-0.05, 0) is 0 Å². The molecule has 0 aliphatic heterocycles. The summed E-state index contributed by atoms with van der Waals surface area (Å²) in [6.07, 6.45) is 0. The zero-order valence-corrected chi connectivity index (χ0v) is 15.9. The summed E-state index contributed by atoms with van der Waals surface area (Å²) in [5.41, 5.74) is 2.50. The van der Waals surface area contributed by atoms with Crippen molar-refractivity contribution < 1.29 is 23.5 Å². The number of carbonyl (C=O) groups excluding carboxylic acids is 2. The van der Waals surface area contributed by atoms with Crippen molar-refractivity contribution in [1.82, 2.24) is 4.57 Å². The zero-order chi connectivity index (χ0) is 18.3. The molecular weight excluding hydrogens is 401 g/mol. The summed E-state index contributed by atoms with van der Waals surface area (Å²) < 4.78 is 19.3. The van der Waals surface area contributed by atoms with E-state index < -0.39 is 5.97 Å². The number of carbonyl (C=O) groups is 2. The van der Waals surface area contributed by atoms with Gasteiger partial charge in [0.25, 0.3) is 0 Å². The van der Waals surface area contributed by atoms with E-state index in [1.165, 1.54) is 14.2 Å². The second-order valence-electron chi connectivity index (χ2n) is 5.68. The van der Waals surface area contributed by atoms with E-state index in [0.29, 0.717) is 16.6 Å². The van der Waals surface area contributed by atoms with Crippen LogP contribution in [0.1, 0.15) is 24.2 Å². The van der Waals surface area contributed by atoms with Crippen molar-refractivity contribution in [3.8, 4) is 0 Å². The fourth-order valence-corrected chi connectivity index (χ4v) is 4.93. The zero-order valence-electron chi connectivity index (χ0n) is 14.1. The number of para-hydroxylation sites is 1. The second kappa shape index (κ2) is 6.52. The van der Waals surface area contributed by atoms with Crippen LogP contribution in [-0.2, 0) is 16.0 Å². The van der Waals surface area contributed by atoms with Gasteiger partial charge in [-0.15, -0.1) is 0 Å². The third kappa shape index (κ3) is 2.66. The summed E-state index contributed by atoms with van der Waals surface area (Å²) in [7, 11) is 2.72. The summed E-state index contributed by atoms with van der Waals surface area (Å²) in [5, 5.41) is 0.935. The van der Waals surface area contributed by atoms with Crippen LogP contribution in [-0.4, -0.2) is 45.2 Å². The number of nitrogens with zero attached hydrogens (tertiary/aromatic N) is 1. The van der Waals surface area contributed by atoms with E-state index in [-0.39, 0.29) is 26.2 Å². The normalized spacial score (nSPS) is 11.2. The van der Waals surface area contributed by atoms with Crippen LogP contribution >= 0.6 is 0 Å². The van der Waals surface area contributed by atoms with Crippen LogP contribution in [0.3, 0.4) is 0 Å². The predicted molar refractivity (Wildman–Crippen MR) is 96.9 cm³/mol. The van der Waals surface area contributed by atoms with Crippen LogP contribution < -0.4 is 0 Å². The van der Waals surface area contributed by atoms with Crippen LogP contribution in [0.2, 0.25) is 0 Å². The molecule has 7 heteroatoms. The van der Waals surface area contributed by atoms with E-state index in [2.05, 4.69) is 4.57 Å². The van der Waals surface area contributed by atoms with Gasteiger partial charge in [0.05, 0.1) is 0 Å². The Balaban J connectivity index is 1.84. The van der Waals surface area contributed by atoms with Gasteiger partial charge in [0.1, 0.15) is 0 Å². The van der Waals surface area contributed by atoms with E-state index in [0.717, 1.165) is 20.9 Å². The molecule has 0 radical (unpaired) electrons. The van der Waals surface area contributed by atoms with Crippen LogP contribution in [0.25, 0.3) is 22.0 Å². The number of methoxy groups -OCH3 is 2. The molecule has 0 N–H and O–H groups in total. The summed E-state index contributed by atoms with van der Waals surface area (Å²) in [6.45, 7) is 0.612. The van der Waals surface area contributed by atoms with E-state index in [9.17, 15) is 9.59 Å². The van der Waals surface area contributed by atoms with Crippen molar-refractivity contribution in [3.05, 3.63) is 57.1 Å². The molecular formula is C19H15NO5Se. The summed E-state index contributed by atoms with van der Waals surface area (Å²) in [4.78, 5) is 23.5. The van der Waals surface area contributed by atoms with Crippen molar-refractivity contribution in [1.29, 1.82) is 0 Å². The van der Waals surface area contributed by atoms with Gasteiger partial charge in [-0.1, -0.05) is 0 Å². The number of aromatic nitrogens is 1. The number of furan rings is 1. The Labute approximate surface area is 154 Å². The van der Waals surface area contributed by atoms with E-state index in [1.807, 2.05) is 36.4 Å². The Bertz CT molecular complexity index is 1130. The van der Waals surface area contributed by atoms with Crippen molar-refractivity contribution in [2.45, 2.75) is 6.54 Å². The number of ether oxygens (including phenoxy) is 2. The van der Waals surface area contributed by atoms with Gasteiger partial charge in [-0.25, -0.2) is 0 Å². The summed E-state index contributed by atoms with van der Waals surface area (Å²) in [5.74, 6) is -0.609. The number of rotatable bonds is 4. The Kier molecular flexibility index (Phi) is 4.18. The van der Waals surface area contributed by atoms with E-state index in [4.69, 9.17) is 13.9 Å². The minimum atomic E-state index is -0.504. The summed E-state index contributed by atoms with van der Waals surface area (Å²) in [6, 6.07) is 13.4. The van der Waals surface area contributed by atoms with Gasteiger partial charge in [0.2, 0.25) is 0 Å². The minimum absolute atomic E-state index is 0.0836. The monoisotopic (exact) mass is 417 g/mol. The van der Waals surface area contributed by atoms with Crippen molar-refractivity contribution >= 4 is 48.4 Å². The first-order valence-corrected chi connectivity index (χ1v) is 9.59. The van der Waals surface area contributed by atoms with E-state index >= 15 is 0 Å². The van der Waals surface area contributed by atoms with Crippen LogP contribution in [0.4, 0.5) is 0 Å². The molecule has 0 atom stereocenters. The van der Waals surface area contributed by atoms with Crippen molar-refractivity contribution in [2.24, 2.45) is 0 Å². The Morgan fingerprint density at radius 1 is 1.04 bits per heavy atom. The average Bonchev–Trinajstić information content (AvgIpc) is 3.37. The maximum atomic E-state index is 11.8. The van der Waals surface area contributed by atoms with Gasteiger partial charge >= 0.3 is 154 Å². The van der Waals surface area contributed by atoms with Gasteiger partial charge in [0.15, 0.2) is 0 Å². The summed E-state index contributed by atoms with van der Waals surface area (Å²) >= 11 is -0.0836. The van der Waals surface area contributed by atoms with Crippen LogP contribution in [0.15, 0.2) is 46.9 Å². The van der Waals surface area contributed by atoms with Gasteiger partial charge in [-0.2, -0.15) is 0 Å². The second-order valence-corrected chi connectivity index (χ2v) is 8.13. The molecule has 4 rings (SSSR count). The standard InChI is InChI=1S/C19H15NO5Se/c1-23-18(21)15-9-14-17(25-15)12-5-3-4-6-13(12)20(14)10-11-7-8-16(26-11)19(22)24-2/h3-9H,10H2,1-2H3. The quantitative estimate of drug-likeness (QED) is 0.378. The number of esters is 2. The molecule has 6 nitrogen and oxygen atoms in total. The molecule has 0 saturated carbocycles. The van der Waals surface area contributed by atoms with Gasteiger partial charge in [-0.3, -0.25) is 0 Å². The third-order valence-electron chi connectivity index (χ3n) is 4.19. The fraction of sp³-hybridized carbons (Fsp3) is 0.158. The molecule has 0 spiro atoms. The molecule has 3 heterocycles. The van der Waals surface area contributed by atoms with Gasteiger partial charge in [0, 0.05) is 0 Å². The molecule has 0 fully saturated rings. The predicted octanol–water partition coefficient (Wildman–Crippen LogP) is 3.07. The topological polar surface area (TPSA) is 70.7 Å². The first-order chi connectivity index (χ1) is 12.6. The molecule has 0 aliphatic rings. The molecule has 0 aliphatic carbocycles. The Morgan fingerprint density at radius 3 is 2.58 bits per heavy atom. The molecule has 3 aromatic heterocycles. The number of hydrogen-bond acceptors (Lipinski definition) is 5. The number of hydrogen-bond donors (Lipinski definition) is 0. The fourth-order valence-electron chi connectivity index (χ4n) is 3.01. The Hall–Kier alpha value is -2.76. The molecule has 0 unspecified atom stereocenters. The van der Waals surface area contributed by atoms with E-state index in [1.54, 1.807) is 6.07 Å². The molecule has 0 bridgehead atoms. The molecule has 0 saturated heterocycles. The molecule has 4 aromatic rings. The first-order valence-electron chi connectivity index (χ1n) is 7.88. The van der Waals surface area contributed by atoms with Crippen molar-refractivity contribution in [3.63, 3.8) is 0 Å². The van der Waals surface area contributed by atoms with Gasteiger partial charge < -0.3 is 0 Å². The van der Waals surface area contributed by atoms with Crippen LogP contribution in [0, 0.1) is 0 Å². The maximum absolute atomic E-state index is 11.8. The molecule has 0 amide bonds. The number of fused-ring (bicyclic) bond motifs is 3. The molecule has 26 heavy (non-hydrogen) atoms.